The van der Waals surface area contributed by atoms with Crippen molar-refractivity contribution in [3.8, 4) is 16.9 Å². The van der Waals surface area contributed by atoms with Crippen LogP contribution < -0.4 is 10.5 Å². The van der Waals surface area contributed by atoms with Crippen molar-refractivity contribution in [2.24, 2.45) is 12.8 Å². The Balaban J connectivity index is 2.11. The second-order valence-corrected chi connectivity index (χ2v) is 4.99. The summed E-state index contributed by atoms with van der Waals surface area (Å²) in [4.78, 5) is 0. The minimum Gasteiger partial charge on any atom is -0.493 e. The second kappa shape index (κ2) is 4.70. The average Bonchev–Trinajstić information content (AvgIpc) is 2.94. The highest BCUT2D eigenvalue weighted by Gasteiger charge is 2.18. The van der Waals surface area contributed by atoms with E-state index < -0.39 is 0 Å². The van der Waals surface area contributed by atoms with E-state index >= 15 is 0 Å². The van der Waals surface area contributed by atoms with Gasteiger partial charge in [0.15, 0.2) is 0 Å². The first-order valence-corrected chi connectivity index (χ1v) is 6.69. The maximum Gasteiger partial charge on any atom is 0.122 e. The Labute approximate surface area is 113 Å². The third-order valence-corrected chi connectivity index (χ3v) is 3.70. The van der Waals surface area contributed by atoms with Crippen molar-refractivity contribution >= 4 is 0 Å². The molecule has 0 amide bonds. The van der Waals surface area contributed by atoms with Crippen molar-refractivity contribution < 1.29 is 4.74 Å². The van der Waals surface area contributed by atoms with Crippen LogP contribution in [0.15, 0.2) is 18.2 Å². The quantitative estimate of drug-likeness (QED) is 0.912. The van der Waals surface area contributed by atoms with Crippen LogP contribution in [0.25, 0.3) is 11.1 Å². The normalized spacial score (nSPS) is 13.4. The molecular weight excluding hydrogens is 238 g/mol. The van der Waals surface area contributed by atoms with Crippen molar-refractivity contribution in [1.82, 2.24) is 9.78 Å². The summed E-state index contributed by atoms with van der Waals surface area (Å²) in [6.07, 6.45) is 1.84. The molecule has 1 aliphatic heterocycles. The molecule has 1 aromatic heterocycles. The first-order chi connectivity index (χ1) is 9.20. The molecular formula is C15H19N3O. The molecule has 4 nitrogen and oxygen atoms in total. The van der Waals surface area contributed by atoms with Crippen LogP contribution in [0, 0.1) is 6.92 Å². The number of benzene rings is 1. The summed E-state index contributed by atoms with van der Waals surface area (Å²) in [6, 6.07) is 6.41. The van der Waals surface area contributed by atoms with Crippen LogP contribution in [-0.2, 0) is 19.9 Å². The van der Waals surface area contributed by atoms with Crippen molar-refractivity contribution in [2.75, 3.05) is 13.2 Å². The van der Waals surface area contributed by atoms with Crippen molar-refractivity contribution in [3.05, 3.63) is 35.2 Å². The summed E-state index contributed by atoms with van der Waals surface area (Å²) in [6.45, 7) is 3.49. The second-order valence-electron chi connectivity index (χ2n) is 4.99. The van der Waals surface area contributed by atoms with E-state index in [0.29, 0.717) is 6.54 Å². The zero-order valence-corrected chi connectivity index (χ0v) is 11.4. The van der Waals surface area contributed by atoms with Gasteiger partial charge in [0.25, 0.3) is 0 Å². The molecule has 4 heteroatoms. The van der Waals surface area contributed by atoms with Gasteiger partial charge in [0.05, 0.1) is 12.3 Å². The molecule has 2 aromatic rings. The number of ether oxygens (including phenoxy) is 1. The molecule has 0 radical (unpaired) electrons. The topological polar surface area (TPSA) is 53.1 Å². The molecule has 0 unspecified atom stereocenters. The Morgan fingerprint density at radius 2 is 2.26 bits per heavy atom. The molecule has 0 fully saturated rings. The fourth-order valence-corrected chi connectivity index (χ4v) is 2.85. The molecule has 0 atom stereocenters. The predicted molar refractivity (Wildman–Crippen MR) is 75.3 cm³/mol. The standard InChI is InChI=1S/C15H19N3O/c1-10-15(13(5-7-16)18(2)17-10)12-3-4-14-11(9-12)6-8-19-14/h3-4,9H,5-8,16H2,1-2H3. The summed E-state index contributed by atoms with van der Waals surface area (Å²) in [5, 5.41) is 4.53. The number of nitrogens with two attached hydrogens (primary N) is 1. The maximum atomic E-state index is 5.71. The fraction of sp³-hybridized carbons (Fsp3) is 0.400. The van der Waals surface area contributed by atoms with Gasteiger partial charge in [-0.25, -0.2) is 0 Å². The largest absolute Gasteiger partial charge is 0.493 e. The van der Waals surface area contributed by atoms with Crippen LogP contribution in [0.5, 0.6) is 5.75 Å². The van der Waals surface area contributed by atoms with Crippen LogP contribution in [-0.4, -0.2) is 22.9 Å². The Bertz CT molecular complexity index is 616. The summed E-state index contributed by atoms with van der Waals surface area (Å²) in [5.74, 6) is 1.02. The number of rotatable bonds is 3. The molecule has 2 N–H and O–H groups in total. The van der Waals surface area contributed by atoms with Gasteiger partial charge in [-0.2, -0.15) is 5.10 Å². The maximum absolute atomic E-state index is 5.71. The first-order valence-electron chi connectivity index (χ1n) is 6.69. The molecule has 0 bridgehead atoms. The van der Waals surface area contributed by atoms with E-state index in [4.69, 9.17) is 10.5 Å². The number of hydrogen-bond donors (Lipinski definition) is 1. The van der Waals surface area contributed by atoms with Gasteiger partial charge in [0.1, 0.15) is 5.75 Å². The van der Waals surface area contributed by atoms with Gasteiger partial charge in [-0.05, 0) is 36.7 Å². The van der Waals surface area contributed by atoms with E-state index in [1.165, 1.54) is 22.4 Å². The predicted octanol–water partition coefficient (Wildman–Crippen LogP) is 1.83. The lowest BCUT2D eigenvalue weighted by atomic mass is 9.99. The van der Waals surface area contributed by atoms with Crippen LogP contribution in [0.3, 0.4) is 0 Å². The highest BCUT2D eigenvalue weighted by molar-refractivity contribution is 5.70. The zero-order valence-electron chi connectivity index (χ0n) is 11.4. The van der Waals surface area contributed by atoms with Crippen molar-refractivity contribution in [1.29, 1.82) is 0 Å². The molecule has 0 saturated heterocycles. The number of aromatic nitrogens is 2. The van der Waals surface area contributed by atoms with Crippen LogP contribution >= 0.6 is 0 Å². The third-order valence-electron chi connectivity index (χ3n) is 3.70. The first kappa shape index (κ1) is 12.2. The van der Waals surface area contributed by atoms with Gasteiger partial charge in [-0.15, -0.1) is 0 Å². The molecule has 19 heavy (non-hydrogen) atoms. The van der Waals surface area contributed by atoms with E-state index in [-0.39, 0.29) is 0 Å². The highest BCUT2D eigenvalue weighted by atomic mass is 16.5. The molecule has 0 spiro atoms. The molecule has 3 rings (SSSR count). The summed E-state index contributed by atoms with van der Waals surface area (Å²) in [5.41, 5.74) is 11.7. The molecule has 0 saturated carbocycles. The van der Waals surface area contributed by atoms with Crippen molar-refractivity contribution in [3.63, 3.8) is 0 Å². The number of aryl methyl sites for hydroxylation is 2. The molecule has 0 aliphatic carbocycles. The van der Waals surface area contributed by atoms with Gasteiger partial charge >= 0.3 is 0 Å². The van der Waals surface area contributed by atoms with Crippen molar-refractivity contribution in [2.45, 2.75) is 19.8 Å². The van der Waals surface area contributed by atoms with Crippen LogP contribution in [0.1, 0.15) is 17.0 Å². The minimum atomic E-state index is 0.639. The van der Waals surface area contributed by atoms with Crippen LogP contribution in [0.4, 0.5) is 0 Å². The lowest BCUT2D eigenvalue weighted by molar-refractivity contribution is 0.357. The molecule has 100 valence electrons. The van der Waals surface area contributed by atoms with E-state index in [9.17, 15) is 0 Å². The SMILES string of the molecule is Cc1nn(C)c(CCN)c1-c1ccc2c(c1)CCO2. The summed E-state index contributed by atoms with van der Waals surface area (Å²) < 4.78 is 7.51. The van der Waals surface area contributed by atoms with Gasteiger partial charge in [0.2, 0.25) is 0 Å². The third kappa shape index (κ3) is 2.02. The molecule has 1 aliphatic rings. The number of fused-ring (bicyclic) bond motifs is 1. The summed E-state index contributed by atoms with van der Waals surface area (Å²) in [7, 11) is 1.98. The van der Waals surface area contributed by atoms with E-state index in [2.05, 4.69) is 30.2 Å². The summed E-state index contributed by atoms with van der Waals surface area (Å²) >= 11 is 0. The Kier molecular flexibility index (Phi) is 3.03. The zero-order chi connectivity index (χ0) is 13.4. The van der Waals surface area contributed by atoms with Crippen LogP contribution in [0.2, 0.25) is 0 Å². The van der Waals surface area contributed by atoms with E-state index in [0.717, 1.165) is 30.9 Å². The fourth-order valence-electron chi connectivity index (χ4n) is 2.85. The Morgan fingerprint density at radius 1 is 1.42 bits per heavy atom. The molecule has 1 aromatic carbocycles. The van der Waals surface area contributed by atoms with E-state index in [1.54, 1.807) is 0 Å². The smallest absolute Gasteiger partial charge is 0.122 e. The monoisotopic (exact) mass is 257 g/mol. The average molecular weight is 257 g/mol. The lowest BCUT2D eigenvalue weighted by Crippen LogP contribution is -2.08. The number of hydrogen-bond acceptors (Lipinski definition) is 3. The van der Waals surface area contributed by atoms with Gasteiger partial charge in [0, 0.05) is 31.1 Å². The highest BCUT2D eigenvalue weighted by Crippen LogP contribution is 2.33. The van der Waals surface area contributed by atoms with E-state index in [1.807, 2.05) is 11.7 Å². The van der Waals surface area contributed by atoms with Gasteiger partial charge < -0.3 is 10.5 Å². The number of nitrogens with zero attached hydrogens (tertiary/aromatic N) is 2. The minimum absolute atomic E-state index is 0.639. The molecule has 2 heterocycles. The van der Waals surface area contributed by atoms with Gasteiger partial charge in [-0.3, -0.25) is 4.68 Å². The lowest BCUT2D eigenvalue weighted by Gasteiger charge is -2.07. The Morgan fingerprint density at radius 3 is 3.05 bits per heavy atom. The van der Waals surface area contributed by atoms with Gasteiger partial charge in [-0.1, -0.05) is 6.07 Å². The Hall–Kier alpha value is -1.81.